The lowest BCUT2D eigenvalue weighted by molar-refractivity contribution is -0.384. The van der Waals surface area contributed by atoms with Crippen LogP contribution in [0.3, 0.4) is 0 Å². The Morgan fingerprint density at radius 3 is 2.52 bits per heavy atom. The van der Waals surface area contributed by atoms with Crippen LogP contribution in [0.15, 0.2) is 84.0 Å². The van der Waals surface area contributed by atoms with E-state index in [-0.39, 0.29) is 10.6 Å². The lowest BCUT2D eigenvalue weighted by atomic mass is 10.2. The molecule has 0 radical (unpaired) electrons. The molecule has 0 N–H and O–H groups in total. The summed E-state index contributed by atoms with van der Waals surface area (Å²) in [4.78, 5) is 10.7. The van der Waals surface area contributed by atoms with Crippen molar-refractivity contribution in [1.29, 1.82) is 0 Å². The maximum atomic E-state index is 11.0. The van der Waals surface area contributed by atoms with Gasteiger partial charge in [0.1, 0.15) is 0 Å². The molecule has 0 saturated carbocycles. The van der Waals surface area contributed by atoms with E-state index < -0.39 is 0 Å². The molecule has 4 aromatic rings. The number of aromatic nitrogens is 3. The zero-order valence-electron chi connectivity index (χ0n) is 15.7. The highest BCUT2D eigenvalue weighted by Crippen LogP contribution is 2.30. The minimum Gasteiger partial charge on any atom is -0.270 e. The highest BCUT2D eigenvalue weighted by atomic mass is 32.2. The van der Waals surface area contributed by atoms with Crippen molar-refractivity contribution >= 4 is 17.4 Å². The number of nitrogens with zero attached hydrogens (tertiary/aromatic N) is 4. The van der Waals surface area contributed by atoms with E-state index >= 15 is 0 Å². The number of non-ortho nitro benzene ring substituents is 1. The highest BCUT2D eigenvalue weighted by Gasteiger charge is 2.16. The zero-order valence-corrected chi connectivity index (χ0v) is 16.5. The van der Waals surface area contributed by atoms with Crippen LogP contribution in [0.1, 0.15) is 11.1 Å². The summed E-state index contributed by atoms with van der Waals surface area (Å²) in [7, 11) is 0. The maximum Gasteiger partial charge on any atom is 0.269 e. The average Bonchev–Trinajstić information content (AvgIpc) is 3.17. The molecule has 1 heterocycles. The fraction of sp³-hybridized carbons (Fsp3) is 0.0909. The number of hydrogen-bond donors (Lipinski definition) is 0. The van der Waals surface area contributed by atoms with Gasteiger partial charge in [-0.05, 0) is 30.2 Å². The Bertz CT molecular complexity index is 1160. The molecule has 7 heteroatoms. The van der Waals surface area contributed by atoms with Crippen molar-refractivity contribution in [3.63, 3.8) is 0 Å². The zero-order chi connectivity index (χ0) is 20.2. The van der Waals surface area contributed by atoms with E-state index in [0.29, 0.717) is 5.75 Å². The van der Waals surface area contributed by atoms with Crippen molar-refractivity contribution in [1.82, 2.24) is 14.8 Å². The Labute approximate surface area is 172 Å². The van der Waals surface area contributed by atoms with Crippen LogP contribution in [-0.4, -0.2) is 19.7 Å². The van der Waals surface area contributed by atoms with Gasteiger partial charge in [0.15, 0.2) is 11.0 Å². The molecule has 0 saturated heterocycles. The molecule has 0 atom stereocenters. The summed E-state index contributed by atoms with van der Waals surface area (Å²) in [5.74, 6) is 1.32. The van der Waals surface area contributed by atoms with E-state index in [1.807, 2.05) is 66.1 Å². The van der Waals surface area contributed by atoms with Crippen LogP contribution in [0, 0.1) is 17.0 Å². The molecular formula is C22H18N4O2S. The highest BCUT2D eigenvalue weighted by molar-refractivity contribution is 7.98. The summed E-state index contributed by atoms with van der Waals surface area (Å²) < 4.78 is 2.03. The van der Waals surface area contributed by atoms with Crippen molar-refractivity contribution in [3.05, 3.63) is 100 Å². The molecule has 1 aromatic heterocycles. The summed E-state index contributed by atoms with van der Waals surface area (Å²) in [5, 5.41) is 20.6. The number of benzene rings is 3. The summed E-state index contributed by atoms with van der Waals surface area (Å²) in [6.45, 7) is 2.05. The molecule has 0 unspecified atom stereocenters. The molecular weight excluding hydrogens is 384 g/mol. The summed E-state index contributed by atoms with van der Waals surface area (Å²) >= 11 is 1.50. The van der Waals surface area contributed by atoms with E-state index in [9.17, 15) is 10.1 Å². The van der Waals surface area contributed by atoms with Crippen LogP contribution in [0.2, 0.25) is 0 Å². The average molecular weight is 402 g/mol. The first-order chi connectivity index (χ1) is 14.1. The molecule has 0 amide bonds. The number of nitro groups is 1. The van der Waals surface area contributed by atoms with Crippen LogP contribution >= 0.6 is 11.8 Å². The molecule has 29 heavy (non-hydrogen) atoms. The normalized spacial score (nSPS) is 10.8. The van der Waals surface area contributed by atoms with Crippen LogP contribution in [0.25, 0.3) is 17.1 Å². The molecule has 3 aromatic carbocycles. The molecule has 4 rings (SSSR count). The van der Waals surface area contributed by atoms with Gasteiger partial charge in [0.25, 0.3) is 5.69 Å². The summed E-state index contributed by atoms with van der Waals surface area (Å²) in [5.41, 5.74) is 4.06. The fourth-order valence-electron chi connectivity index (χ4n) is 3.05. The first-order valence-corrected chi connectivity index (χ1v) is 10.0. The van der Waals surface area contributed by atoms with Gasteiger partial charge in [-0.15, -0.1) is 10.2 Å². The molecule has 0 bridgehead atoms. The topological polar surface area (TPSA) is 73.8 Å². The monoisotopic (exact) mass is 402 g/mol. The predicted molar refractivity (Wildman–Crippen MR) is 114 cm³/mol. The number of nitro benzene ring substituents is 1. The van der Waals surface area contributed by atoms with Crippen molar-refractivity contribution in [3.8, 4) is 17.1 Å². The van der Waals surface area contributed by atoms with Crippen LogP contribution in [0.5, 0.6) is 0 Å². The van der Waals surface area contributed by atoms with Gasteiger partial charge in [-0.3, -0.25) is 14.7 Å². The second-order valence-electron chi connectivity index (χ2n) is 6.56. The lowest BCUT2D eigenvalue weighted by Crippen LogP contribution is -2.00. The van der Waals surface area contributed by atoms with Gasteiger partial charge >= 0.3 is 0 Å². The van der Waals surface area contributed by atoms with E-state index in [4.69, 9.17) is 0 Å². The first kappa shape index (κ1) is 18.9. The van der Waals surface area contributed by atoms with Crippen LogP contribution in [-0.2, 0) is 5.75 Å². The molecule has 0 aliphatic heterocycles. The minimum atomic E-state index is -0.378. The van der Waals surface area contributed by atoms with Crippen LogP contribution < -0.4 is 0 Å². The third kappa shape index (κ3) is 4.20. The van der Waals surface area contributed by atoms with Gasteiger partial charge in [-0.25, -0.2) is 0 Å². The third-order valence-electron chi connectivity index (χ3n) is 4.41. The van der Waals surface area contributed by atoms with E-state index in [2.05, 4.69) is 16.3 Å². The van der Waals surface area contributed by atoms with Crippen molar-refractivity contribution in [2.45, 2.75) is 17.8 Å². The molecule has 144 valence electrons. The smallest absolute Gasteiger partial charge is 0.269 e. The number of thioether (sulfide) groups is 1. The van der Waals surface area contributed by atoms with Gasteiger partial charge in [0, 0.05) is 29.1 Å². The molecule has 0 aliphatic carbocycles. The van der Waals surface area contributed by atoms with Gasteiger partial charge in [-0.1, -0.05) is 66.4 Å². The summed E-state index contributed by atoms with van der Waals surface area (Å²) in [6, 6.07) is 24.8. The lowest BCUT2D eigenvalue weighted by Gasteiger charge is -2.11. The van der Waals surface area contributed by atoms with E-state index in [1.165, 1.54) is 17.8 Å². The van der Waals surface area contributed by atoms with Crippen molar-refractivity contribution < 1.29 is 4.92 Å². The second kappa shape index (κ2) is 8.28. The SMILES string of the molecule is Cc1cccc(-n2c(SCc3cccc([N+](=O)[O-])c3)nnc2-c2ccccc2)c1. The van der Waals surface area contributed by atoms with Crippen molar-refractivity contribution in [2.24, 2.45) is 0 Å². The van der Waals surface area contributed by atoms with Gasteiger partial charge < -0.3 is 0 Å². The molecule has 0 spiro atoms. The van der Waals surface area contributed by atoms with Gasteiger partial charge in [0.2, 0.25) is 0 Å². The Hall–Kier alpha value is -3.45. The first-order valence-electron chi connectivity index (χ1n) is 9.06. The van der Waals surface area contributed by atoms with Crippen molar-refractivity contribution in [2.75, 3.05) is 0 Å². The molecule has 6 nitrogen and oxygen atoms in total. The Morgan fingerprint density at radius 2 is 1.76 bits per heavy atom. The number of rotatable bonds is 6. The molecule has 0 fully saturated rings. The number of aryl methyl sites for hydroxylation is 1. The molecule has 0 aliphatic rings. The fourth-order valence-corrected chi connectivity index (χ4v) is 3.94. The Morgan fingerprint density at radius 1 is 0.966 bits per heavy atom. The second-order valence-corrected chi connectivity index (χ2v) is 7.50. The van der Waals surface area contributed by atoms with E-state index in [0.717, 1.165) is 33.4 Å². The Balaban J connectivity index is 1.71. The summed E-state index contributed by atoms with van der Waals surface area (Å²) in [6.07, 6.45) is 0. The maximum absolute atomic E-state index is 11.0. The third-order valence-corrected chi connectivity index (χ3v) is 5.41. The quantitative estimate of drug-likeness (QED) is 0.244. The Kier molecular flexibility index (Phi) is 5.39. The minimum absolute atomic E-state index is 0.0909. The van der Waals surface area contributed by atoms with Gasteiger partial charge in [-0.2, -0.15) is 0 Å². The standard InChI is InChI=1S/C22H18N4O2S/c1-16-7-5-11-19(13-16)25-21(18-9-3-2-4-10-18)23-24-22(25)29-15-17-8-6-12-20(14-17)26(27)28/h2-14H,15H2,1H3. The predicted octanol–water partition coefficient (Wildman–Crippen LogP) is 5.44. The largest absolute Gasteiger partial charge is 0.270 e. The number of hydrogen-bond acceptors (Lipinski definition) is 5. The van der Waals surface area contributed by atoms with E-state index in [1.54, 1.807) is 12.1 Å². The van der Waals surface area contributed by atoms with Crippen LogP contribution in [0.4, 0.5) is 5.69 Å². The van der Waals surface area contributed by atoms with Gasteiger partial charge in [0.05, 0.1) is 4.92 Å².